The molecule has 8 aromatic rings. The number of rotatable bonds is 4. The van der Waals surface area contributed by atoms with Gasteiger partial charge in [0.25, 0.3) is 0 Å². The van der Waals surface area contributed by atoms with E-state index < -0.39 is 0 Å². The van der Waals surface area contributed by atoms with E-state index in [0.717, 1.165) is 11.3 Å². The molecule has 1 unspecified atom stereocenters. The van der Waals surface area contributed by atoms with Crippen molar-refractivity contribution in [2.45, 2.75) is 5.92 Å². The zero-order valence-corrected chi connectivity index (χ0v) is 25.4. The number of hydrogen-bond donors (Lipinski definition) is 0. The Hall–Kier alpha value is -5.92. The van der Waals surface area contributed by atoms with Crippen LogP contribution in [0.2, 0.25) is 0 Å². The number of para-hydroxylation sites is 2. The number of fused-ring (bicyclic) bond motifs is 6. The molecule has 0 aliphatic heterocycles. The summed E-state index contributed by atoms with van der Waals surface area (Å²) in [5, 5.41) is 5.06. The van der Waals surface area contributed by atoms with Crippen molar-refractivity contribution in [2.75, 3.05) is 0 Å². The standard InChI is InChI=1S/C45H31N/c1-30-37-27-24-33-14-5-6-17-38(33)45(37)42(29-41(30)32-12-3-2-4-13-32)35-16-11-15-34(28-35)31-22-25-36(26-23-31)46-43-20-9-7-18-39(43)40-19-8-10-21-44(40)46/h2-29,41H,1H2. The maximum Gasteiger partial charge on any atom is 0.0541 e. The Labute approximate surface area is 269 Å². The maximum absolute atomic E-state index is 4.63. The molecule has 0 bridgehead atoms. The van der Waals surface area contributed by atoms with E-state index in [1.165, 1.54) is 71.5 Å². The largest absolute Gasteiger partial charge is 0.309 e. The third kappa shape index (κ3) is 4.17. The highest BCUT2D eigenvalue weighted by Gasteiger charge is 2.27. The van der Waals surface area contributed by atoms with Crippen molar-refractivity contribution >= 4 is 43.7 Å². The summed E-state index contributed by atoms with van der Waals surface area (Å²) in [4.78, 5) is 0. The second-order valence-electron chi connectivity index (χ2n) is 12.2. The molecular formula is C45H31N. The Balaban J connectivity index is 1.17. The Morgan fingerprint density at radius 2 is 1.11 bits per heavy atom. The molecule has 1 heteroatoms. The first-order valence-corrected chi connectivity index (χ1v) is 15.9. The van der Waals surface area contributed by atoms with E-state index in [1.807, 2.05) is 0 Å². The maximum atomic E-state index is 4.63. The molecule has 216 valence electrons. The molecule has 1 aromatic heterocycles. The van der Waals surface area contributed by atoms with Gasteiger partial charge in [-0.2, -0.15) is 0 Å². The van der Waals surface area contributed by atoms with Gasteiger partial charge in [0.2, 0.25) is 0 Å². The van der Waals surface area contributed by atoms with Gasteiger partial charge >= 0.3 is 0 Å². The van der Waals surface area contributed by atoms with Gasteiger partial charge in [-0.3, -0.25) is 0 Å². The van der Waals surface area contributed by atoms with Crippen molar-refractivity contribution in [2.24, 2.45) is 0 Å². The first kappa shape index (κ1) is 26.5. The minimum atomic E-state index is 0.110. The van der Waals surface area contributed by atoms with Crippen LogP contribution in [0.15, 0.2) is 176 Å². The molecule has 0 N–H and O–H groups in total. The number of nitrogens with zero attached hydrogens (tertiary/aromatic N) is 1. The first-order valence-electron chi connectivity index (χ1n) is 15.9. The smallest absolute Gasteiger partial charge is 0.0541 e. The van der Waals surface area contributed by atoms with Crippen LogP contribution in [0.4, 0.5) is 0 Å². The van der Waals surface area contributed by atoms with Crippen LogP contribution in [-0.2, 0) is 0 Å². The van der Waals surface area contributed by atoms with Gasteiger partial charge in [0.15, 0.2) is 0 Å². The van der Waals surface area contributed by atoms with Gasteiger partial charge in [-0.05, 0) is 85.6 Å². The molecular weight excluding hydrogens is 555 g/mol. The molecule has 0 radical (unpaired) electrons. The van der Waals surface area contributed by atoms with Crippen molar-refractivity contribution in [1.82, 2.24) is 4.57 Å². The summed E-state index contributed by atoms with van der Waals surface area (Å²) in [6.45, 7) is 4.63. The van der Waals surface area contributed by atoms with E-state index in [-0.39, 0.29) is 5.92 Å². The highest BCUT2D eigenvalue weighted by molar-refractivity contribution is 6.09. The zero-order valence-electron chi connectivity index (χ0n) is 25.4. The number of aromatic nitrogens is 1. The molecule has 1 aliphatic carbocycles. The molecule has 46 heavy (non-hydrogen) atoms. The number of hydrogen-bond acceptors (Lipinski definition) is 0. The Morgan fingerprint density at radius 3 is 1.85 bits per heavy atom. The molecule has 0 saturated carbocycles. The van der Waals surface area contributed by atoms with E-state index in [0.29, 0.717) is 0 Å². The SMILES string of the molecule is C=C1c2ccc3ccccc3c2C(c2cccc(-c3ccc(-n4c5ccccc5c5ccccc54)cc3)c2)=CC1c1ccccc1. The highest BCUT2D eigenvalue weighted by Crippen LogP contribution is 2.47. The average molecular weight is 586 g/mol. The minimum absolute atomic E-state index is 0.110. The summed E-state index contributed by atoms with van der Waals surface area (Å²) >= 11 is 0. The van der Waals surface area contributed by atoms with E-state index in [1.54, 1.807) is 0 Å². The average Bonchev–Trinajstić information content (AvgIpc) is 3.46. The first-order chi connectivity index (χ1) is 22.7. The van der Waals surface area contributed by atoms with E-state index in [4.69, 9.17) is 0 Å². The summed E-state index contributed by atoms with van der Waals surface area (Å²) in [5.74, 6) is 0.110. The lowest BCUT2D eigenvalue weighted by atomic mass is 9.75. The second-order valence-corrected chi connectivity index (χ2v) is 12.2. The minimum Gasteiger partial charge on any atom is -0.309 e. The highest BCUT2D eigenvalue weighted by atomic mass is 15.0. The molecule has 0 saturated heterocycles. The van der Waals surface area contributed by atoms with Crippen molar-refractivity contribution in [3.8, 4) is 16.8 Å². The van der Waals surface area contributed by atoms with Crippen molar-refractivity contribution < 1.29 is 0 Å². The lowest BCUT2D eigenvalue weighted by Crippen LogP contribution is -2.09. The molecule has 1 aliphatic rings. The fraction of sp³-hybridized carbons (Fsp3) is 0.0222. The molecule has 9 rings (SSSR count). The van der Waals surface area contributed by atoms with Crippen LogP contribution in [0, 0.1) is 0 Å². The zero-order chi connectivity index (χ0) is 30.6. The van der Waals surface area contributed by atoms with Crippen LogP contribution in [0.1, 0.15) is 28.2 Å². The van der Waals surface area contributed by atoms with Crippen molar-refractivity contribution in [3.05, 3.63) is 199 Å². The van der Waals surface area contributed by atoms with Gasteiger partial charge in [-0.15, -0.1) is 0 Å². The number of allylic oxidation sites excluding steroid dienone is 2. The Morgan fingerprint density at radius 1 is 0.478 bits per heavy atom. The lowest BCUT2D eigenvalue weighted by molar-refractivity contribution is 1.09. The van der Waals surface area contributed by atoms with Gasteiger partial charge in [0.05, 0.1) is 11.0 Å². The molecule has 7 aromatic carbocycles. The summed E-state index contributed by atoms with van der Waals surface area (Å²) in [6, 6.07) is 59.3. The van der Waals surface area contributed by atoms with E-state index in [9.17, 15) is 0 Å². The van der Waals surface area contributed by atoms with Gasteiger partial charge < -0.3 is 4.57 Å². The topological polar surface area (TPSA) is 4.93 Å². The monoisotopic (exact) mass is 585 g/mol. The Kier molecular flexibility index (Phi) is 6.11. The summed E-state index contributed by atoms with van der Waals surface area (Å²) < 4.78 is 2.37. The quantitative estimate of drug-likeness (QED) is 0.194. The summed E-state index contributed by atoms with van der Waals surface area (Å²) in [5.41, 5.74) is 13.4. The fourth-order valence-corrected chi connectivity index (χ4v) is 7.42. The van der Waals surface area contributed by atoms with Gasteiger partial charge in [0.1, 0.15) is 0 Å². The molecule has 1 heterocycles. The van der Waals surface area contributed by atoms with Gasteiger partial charge in [-0.1, -0.05) is 146 Å². The van der Waals surface area contributed by atoms with E-state index >= 15 is 0 Å². The third-order valence-corrected chi connectivity index (χ3v) is 9.62. The predicted octanol–water partition coefficient (Wildman–Crippen LogP) is 11.8. The molecule has 1 nitrogen and oxygen atoms in total. The van der Waals surface area contributed by atoms with Gasteiger partial charge in [-0.25, -0.2) is 0 Å². The van der Waals surface area contributed by atoms with Gasteiger partial charge in [0, 0.05) is 22.4 Å². The predicted molar refractivity (Wildman–Crippen MR) is 195 cm³/mol. The molecule has 0 amide bonds. The normalized spacial score (nSPS) is 14.5. The lowest BCUT2D eigenvalue weighted by Gasteiger charge is -2.29. The van der Waals surface area contributed by atoms with Crippen LogP contribution in [0.25, 0.3) is 60.5 Å². The fourth-order valence-electron chi connectivity index (χ4n) is 7.42. The van der Waals surface area contributed by atoms with Crippen LogP contribution in [0.3, 0.4) is 0 Å². The molecule has 1 atom stereocenters. The second kappa shape index (κ2) is 10.6. The van der Waals surface area contributed by atoms with Crippen molar-refractivity contribution in [3.63, 3.8) is 0 Å². The molecule has 0 spiro atoms. The van der Waals surface area contributed by atoms with Crippen LogP contribution in [0.5, 0.6) is 0 Å². The molecule has 0 fully saturated rings. The van der Waals surface area contributed by atoms with Crippen LogP contribution in [-0.4, -0.2) is 4.57 Å². The number of benzene rings is 7. The summed E-state index contributed by atoms with van der Waals surface area (Å²) in [7, 11) is 0. The van der Waals surface area contributed by atoms with Crippen molar-refractivity contribution in [1.29, 1.82) is 0 Å². The van der Waals surface area contributed by atoms with Crippen LogP contribution >= 0.6 is 0 Å². The summed E-state index contributed by atoms with van der Waals surface area (Å²) in [6.07, 6.45) is 2.43. The van der Waals surface area contributed by atoms with E-state index in [2.05, 4.69) is 181 Å². The Bertz CT molecular complexity index is 2420. The van der Waals surface area contributed by atoms with Crippen LogP contribution < -0.4 is 0 Å². The third-order valence-electron chi connectivity index (χ3n) is 9.62.